The van der Waals surface area contributed by atoms with Gasteiger partial charge in [0.15, 0.2) is 35.6 Å². The van der Waals surface area contributed by atoms with Crippen LogP contribution in [0.15, 0.2) is 29.2 Å². The molecule has 218 valence electrons. The summed E-state index contributed by atoms with van der Waals surface area (Å²) >= 11 is 0. The number of nitrogens with zero attached hydrogens (tertiary/aromatic N) is 5. The van der Waals surface area contributed by atoms with Crippen LogP contribution in [0, 0.1) is 5.82 Å². The molecule has 16 heteroatoms. The van der Waals surface area contributed by atoms with Crippen LogP contribution < -0.4 is 35.3 Å². The number of hydrogen-bond acceptors (Lipinski definition) is 11. The second kappa shape index (κ2) is 9.83. The Kier molecular flexibility index (Phi) is 6.07. The molecule has 7 rings (SSSR count). The SMILES string of the molecule is O=C1COc2ccc(N3C[C@@H](CNC4CN(c5nc6c(cc5F)c(=O)c(OC(=O)O)cn6C5CC5)C4)OC3=O)nc2N1. The van der Waals surface area contributed by atoms with Gasteiger partial charge in [0.05, 0.1) is 18.1 Å². The normalized spacial score (nSPS) is 20.1. The van der Waals surface area contributed by atoms with Gasteiger partial charge in [0, 0.05) is 31.7 Å². The van der Waals surface area contributed by atoms with E-state index in [0.29, 0.717) is 31.2 Å². The summed E-state index contributed by atoms with van der Waals surface area (Å²) in [6, 6.07) is 4.32. The van der Waals surface area contributed by atoms with E-state index in [4.69, 9.17) is 14.6 Å². The Morgan fingerprint density at radius 1 is 1.19 bits per heavy atom. The molecule has 3 aromatic heterocycles. The van der Waals surface area contributed by atoms with Crippen LogP contribution >= 0.6 is 0 Å². The third kappa shape index (κ3) is 4.68. The molecule has 3 fully saturated rings. The maximum absolute atomic E-state index is 15.1. The van der Waals surface area contributed by atoms with Crippen molar-refractivity contribution >= 4 is 46.6 Å². The van der Waals surface area contributed by atoms with Gasteiger partial charge in [-0.1, -0.05) is 0 Å². The Balaban J connectivity index is 0.995. The lowest BCUT2D eigenvalue weighted by Gasteiger charge is -2.41. The molecule has 0 radical (unpaired) electrons. The predicted octanol–water partition coefficient (Wildman–Crippen LogP) is 1.46. The topological polar surface area (TPSA) is 177 Å². The van der Waals surface area contributed by atoms with Gasteiger partial charge in [0.25, 0.3) is 5.91 Å². The van der Waals surface area contributed by atoms with E-state index in [1.54, 1.807) is 21.6 Å². The number of fused-ring (bicyclic) bond motifs is 2. The predicted molar refractivity (Wildman–Crippen MR) is 143 cm³/mol. The van der Waals surface area contributed by atoms with Crippen LogP contribution in [0.4, 0.5) is 31.4 Å². The lowest BCUT2D eigenvalue weighted by atomic mass is 10.1. The highest BCUT2D eigenvalue weighted by molar-refractivity contribution is 5.95. The van der Waals surface area contributed by atoms with E-state index in [0.717, 1.165) is 18.9 Å². The third-order valence-electron chi connectivity index (χ3n) is 7.47. The summed E-state index contributed by atoms with van der Waals surface area (Å²) in [4.78, 5) is 59.8. The minimum absolute atomic E-state index is 0.0261. The fourth-order valence-electron chi connectivity index (χ4n) is 5.23. The average Bonchev–Trinajstić information content (AvgIpc) is 3.71. The van der Waals surface area contributed by atoms with Gasteiger partial charge in [-0.15, -0.1) is 0 Å². The molecule has 0 bridgehead atoms. The Morgan fingerprint density at radius 3 is 2.76 bits per heavy atom. The number of ether oxygens (including phenoxy) is 3. The first-order valence-corrected chi connectivity index (χ1v) is 13.3. The summed E-state index contributed by atoms with van der Waals surface area (Å²) in [7, 11) is 0. The quantitative estimate of drug-likeness (QED) is 0.343. The van der Waals surface area contributed by atoms with E-state index >= 15 is 4.39 Å². The first-order valence-electron chi connectivity index (χ1n) is 13.3. The van der Waals surface area contributed by atoms with Crippen molar-refractivity contribution in [1.29, 1.82) is 0 Å². The largest absolute Gasteiger partial charge is 0.511 e. The molecule has 3 N–H and O–H groups in total. The molecule has 0 unspecified atom stereocenters. The summed E-state index contributed by atoms with van der Waals surface area (Å²) < 4.78 is 32.2. The number of halogens is 1. The maximum atomic E-state index is 15.1. The number of nitrogens with one attached hydrogen (secondary N) is 2. The van der Waals surface area contributed by atoms with Crippen LogP contribution in [0.3, 0.4) is 0 Å². The van der Waals surface area contributed by atoms with Crippen LogP contribution in [0.5, 0.6) is 11.5 Å². The lowest BCUT2D eigenvalue weighted by molar-refractivity contribution is -0.118. The monoisotopic (exact) mass is 581 g/mol. The van der Waals surface area contributed by atoms with E-state index in [9.17, 15) is 19.2 Å². The fraction of sp³-hybridized carbons (Fsp3) is 0.385. The number of amides is 2. The van der Waals surface area contributed by atoms with Crippen molar-refractivity contribution in [3.8, 4) is 11.5 Å². The van der Waals surface area contributed by atoms with Crippen LogP contribution in [0.2, 0.25) is 0 Å². The molecule has 1 saturated carbocycles. The first kappa shape index (κ1) is 25.9. The molecule has 4 aliphatic rings. The summed E-state index contributed by atoms with van der Waals surface area (Å²) in [5.41, 5.74) is -0.470. The fourth-order valence-corrected chi connectivity index (χ4v) is 5.23. The van der Waals surface area contributed by atoms with Crippen molar-refractivity contribution < 1.29 is 38.1 Å². The Labute approximate surface area is 235 Å². The highest BCUT2D eigenvalue weighted by Crippen LogP contribution is 2.38. The lowest BCUT2D eigenvalue weighted by Crippen LogP contribution is -2.59. The van der Waals surface area contributed by atoms with Gasteiger partial charge in [-0.25, -0.2) is 23.9 Å². The van der Waals surface area contributed by atoms with Crippen LogP contribution in [-0.2, 0) is 9.53 Å². The molecule has 2 saturated heterocycles. The van der Waals surface area contributed by atoms with Crippen molar-refractivity contribution in [1.82, 2.24) is 19.9 Å². The van der Waals surface area contributed by atoms with Crippen molar-refractivity contribution in [2.45, 2.75) is 31.0 Å². The van der Waals surface area contributed by atoms with Crippen LogP contribution in [-0.4, -0.2) is 82.7 Å². The number of pyridine rings is 3. The van der Waals surface area contributed by atoms with Gasteiger partial charge < -0.3 is 39.4 Å². The van der Waals surface area contributed by atoms with E-state index in [1.807, 2.05) is 0 Å². The number of cyclic esters (lactones) is 1. The van der Waals surface area contributed by atoms with Crippen molar-refractivity contribution in [3.05, 3.63) is 40.4 Å². The molecule has 2 amide bonds. The standard InChI is InChI=1S/C26H24FN7O8/c27-16-5-15-21(36)18(42-26(38)39)10-33(13-1-2-13)23(15)31-24(16)32-7-12(8-32)28-6-14-9-34(25(37)41-14)19-4-3-17-22(29-19)30-20(35)11-40-17/h3-5,10,12-14,28H,1-2,6-9,11H2,(H,38,39)(H,29,30,35)/t14-/m1/s1. The van der Waals surface area contributed by atoms with E-state index in [1.165, 1.54) is 11.1 Å². The first-order chi connectivity index (χ1) is 20.2. The number of aromatic nitrogens is 3. The number of carbonyl (C=O) groups excluding carboxylic acids is 2. The number of carbonyl (C=O) groups is 3. The zero-order valence-corrected chi connectivity index (χ0v) is 21.9. The van der Waals surface area contributed by atoms with Gasteiger partial charge >= 0.3 is 12.2 Å². The van der Waals surface area contributed by atoms with E-state index < -0.39 is 35.3 Å². The summed E-state index contributed by atoms with van der Waals surface area (Å²) in [6.07, 6.45) is 0.325. The second-order valence-electron chi connectivity index (χ2n) is 10.5. The van der Waals surface area contributed by atoms with Gasteiger partial charge in [0.1, 0.15) is 17.6 Å². The van der Waals surface area contributed by atoms with Gasteiger partial charge in [0.2, 0.25) is 5.43 Å². The number of hydrogen-bond donors (Lipinski definition) is 3. The summed E-state index contributed by atoms with van der Waals surface area (Å²) in [5.74, 6) is -0.344. The van der Waals surface area contributed by atoms with Crippen LogP contribution in [0.25, 0.3) is 11.0 Å². The number of rotatable bonds is 7. The Bertz CT molecular complexity index is 1700. The van der Waals surface area contributed by atoms with Crippen molar-refractivity contribution in [3.63, 3.8) is 0 Å². The molecule has 0 spiro atoms. The average molecular weight is 582 g/mol. The maximum Gasteiger partial charge on any atom is 0.511 e. The molecular formula is C26H24FN7O8. The smallest absolute Gasteiger partial charge is 0.480 e. The third-order valence-corrected chi connectivity index (χ3v) is 7.47. The molecular weight excluding hydrogens is 557 g/mol. The number of anilines is 3. The molecule has 15 nitrogen and oxygen atoms in total. The molecule has 3 aromatic rings. The molecule has 6 heterocycles. The van der Waals surface area contributed by atoms with Crippen molar-refractivity contribution in [2.75, 3.05) is 47.9 Å². The van der Waals surface area contributed by atoms with Crippen LogP contribution in [0.1, 0.15) is 18.9 Å². The zero-order chi connectivity index (χ0) is 29.1. The zero-order valence-electron chi connectivity index (χ0n) is 21.9. The number of carboxylic acid groups (broad SMARTS) is 1. The van der Waals surface area contributed by atoms with Gasteiger partial charge in [-0.05, 0) is 31.0 Å². The molecule has 3 aliphatic heterocycles. The minimum atomic E-state index is -1.63. The van der Waals surface area contributed by atoms with Crippen molar-refractivity contribution in [2.24, 2.45) is 0 Å². The highest BCUT2D eigenvalue weighted by Gasteiger charge is 2.37. The minimum Gasteiger partial charge on any atom is -0.480 e. The Morgan fingerprint density at radius 2 is 2.00 bits per heavy atom. The second-order valence-corrected chi connectivity index (χ2v) is 10.5. The molecule has 0 aromatic carbocycles. The van der Waals surface area contributed by atoms with Gasteiger partial charge in [-0.3, -0.25) is 14.5 Å². The molecule has 1 aliphatic carbocycles. The van der Waals surface area contributed by atoms with E-state index in [2.05, 4.69) is 25.3 Å². The molecule has 1 atom stereocenters. The Hall–Kier alpha value is -4.99. The van der Waals surface area contributed by atoms with E-state index in [-0.39, 0.29) is 53.8 Å². The molecule has 42 heavy (non-hydrogen) atoms. The summed E-state index contributed by atoms with van der Waals surface area (Å²) in [5, 5.41) is 14.8. The highest BCUT2D eigenvalue weighted by atomic mass is 19.1. The summed E-state index contributed by atoms with van der Waals surface area (Å²) in [6.45, 7) is 1.37. The van der Waals surface area contributed by atoms with Gasteiger partial charge in [-0.2, -0.15) is 0 Å².